The Hall–Kier alpha value is -1.57. The van der Waals surface area contributed by atoms with Crippen molar-refractivity contribution in [2.24, 2.45) is 17.8 Å². The van der Waals surface area contributed by atoms with Crippen LogP contribution in [-0.2, 0) is 4.79 Å². The molecule has 1 saturated carbocycles. The summed E-state index contributed by atoms with van der Waals surface area (Å²) in [5, 5.41) is 3.23. The Morgan fingerprint density at radius 3 is 2.62 bits per heavy atom. The molecule has 21 heavy (non-hydrogen) atoms. The van der Waals surface area contributed by atoms with Crippen molar-refractivity contribution in [3.8, 4) is 0 Å². The molecule has 1 aliphatic rings. The van der Waals surface area contributed by atoms with Crippen molar-refractivity contribution in [1.29, 1.82) is 0 Å². The Morgan fingerprint density at radius 1 is 1.24 bits per heavy atom. The van der Waals surface area contributed by atoms with Crippen LogP contribution in [0, 0.1) is 17.8 Å². The van der Waals surface area contributed by atoms with Gasteiger partial charge < -0.3 is 5.32 Å². The van der Waals surface area contributed by atoms with E-state index in [4.69, 9.17) is 0 Å². The fourth-order valence-corrected chi connectivity index (χ4v) is 3.34. The van der Waals surface area contributed by atoms with Gasteiger partial charge in [0.05, 0.1) is 0 Å². The summed E-state index contributed by atoms with van der Waals surface area (Å²) < 4.78 is 0. The number of nitrogens with one attached hydrogen (secondary N) is 1. The molecule has 1 amide bonds. The van der Waals surface area contributed by atoms with Crippen LogP contribution >= 0.6 is 0 Å². The fraction of sp³-hybridized carbons (Fsp3) is 0.526. The highest BCUT2D eigenvalue weighted by Gasteiger charge is 2.31. The third-order valence-corrected chi connectivity index (χ3v) is 4.58. The number of carbonyl (C=O) groups is 1. The molecule has 2 nitrogen and oxygen atoms in total. The van der Waals surface area contributed by atoms with Crippen molar-refractivity contribution < 1.29 is 4.79 Å². The highest BCUT2D eigenvalue weighted by Crippen LogP contribution is 2.33. The lowest BCUT2D eigenvalue weighted by Crippen LogP contribution is -2.45. The van der Waals surface area contributed by atoms with Gasteiger partial charge in [-0.15, -0.1) is 0 Å². The van der Waals surface area contributed by atoms with Crippen molar-refractivity contribution in [3.05, 3.63) is 42.0 Å². The van der Waals surface area contributed by atoms with Crippen LogP contribution in [0.3, 0.4) is 0 Å². The Labute approximate surface area is 128 Å². The first-order valence-electron chi connectivity index (χ1n) is 8.10. The third kappa shape index (κ3) is 4.73. The van der Waals surface area contributed by atoms with E-state index in [2.05, 4.69) is 26.1 Å². The molecular weight excluding hydrogens is 258 g/mol. The van der Waals surface area contributed by atoms with E-state index in [-0.39, 0.29) is 5.91 Å². The molecule has 0 bridgehead atoms. The zero-order valence-corrected chi connectivity index (χ0v) is 13.4. The number of rotatable bonds is 4. The molecule has 3 atom stereocenters. The van der Waals surface area contributed by atoms with Crippen LogP contribution < -0.4 is 5.32 Å². The summed E-state index contributed by atoms with van der Waals surface area (Å²) in [7, 11) is 0. The lowest BCUT2D eigenvalue weighted by Gasteiger charge is -2.37. The molecule has 0 spiro atoms. The van der Waals surface area contributed by atoms with E-state index in [1.807, 2.05) is 36.4 Å². The molecule has 1 fully saturated rings. The number of amides is 1. The lowest BCUT2D eigenvalue weighted by atomic mass is 9.74. The van der Waals surface area contributed by atoms with Gasteiger partial charge in [0, 0.05) is 12.1 Å². The van der Waals surface area contributed by atoms with Crippen LogP contribution in [-0.4, -0.2) is 11.9 Å². The molecule has 1 N–H and O–H groups in total. The van der Waals surface area contributed by atoms with E-state index >= 15 is 0 Å². The van der Waals surface area contributed by atoms with E-state index in [1.165, 1.54) is 12.8 Å². The maximum absolute atomic E-state index is 12.2. The summed E-state index contributed by atoms with van der Waals surface area (Å²) in [6.45, 7) is 6.81. The molecule has 1 aliphatic carbocycles. The SMILES string of the molecule is CC1CCC(C(C)C)C(NC(=O)/C=C/c2ccccc2)C1. The number of hydrogen-bond acceptors (Lipinski definition) is 1. The minimum absolute atomic E-state index is 0.0311. The van der Waals surface area contributed by atoms with Crippen molar-refractivity contribution in [2.45, 2.75) is 46.1 Å². The second-order valence-corrected chi connectivity index (χ2v) is 6.69. The van der Waals surface area contributed by atoms with Crippen molar-refractivity contribution in [2.75, 3.05) is 0 Å². The average Bonchev–Trinajstić information content (AvgIpc) is 2.46. The van der Waals surface area contributed by atoms with E-state index in [9.17, 15) is 4.79 Å². The van der Waals surface area contributed by atoms with Gasteiger partial charge in [-0.1, -0.05) is 57.5 Å². The van der Waals surface area contributed by atoms with Crippen LogP contribution in [0.2, 0.25) is 0 Å². The monoisotopic (exact) mass is 285 g/mol. The smallest absolute Gasteiger partial charge is 0.244 e. The molecule has 114 valence electrons. The predicted molar refractivity (Wildman–Crippen MR) is 88.7 cm³/mol. The quantitative estimate of drug-likeness (QED) is 0.822. The molecule has 0 aliphatic heterocycles. The van der Waals surface area contributed by atoms with Gasteiger partial charge in [0.15, 0.2) is 0 Å². The second kappa shape index (κ2) is 7.44. The summed E-state index contributed by atoms with van der Waals surface area (Å²) in [5.41, 5.74) is 1.06. The van der Waals surface area contributed by atoms with Gasteiger partial charge >= 0.3 is 0 Å². The lowest BCUT2D eigenvalue weighted by molar-refractivity contribution is -0.118. The molecule has 1 aromatic rings. The number of carbonyl (C=O) groups excluding carboxylic acids is 1. The van der Waals surface area contributed by atoms with Crippen LogP contribution in [0.25, 0.3) is 6.08 Å². The number of benzene rings is 1. The van der Waals surface area contributed by atoms with Gasteiger partial charge in [-0.05, 0) is 42.2 Å². The van der Waals surface area contributed by atoms with Gasteiger partial charge in [-0.2, -0.15) is 0 Å². The second-order valence-electron chi connectivity index (χ2n) is 6.69. The Balaban J connectivity index is 1.95. The van der Waals surface area contributed by atoms with Gasteiger partial charge in [0.25, 0.3) is 0 Å². The summed E-state index contributed by atoms with van der Waals surface area (Å²) in [5.74, 6) is 1.98. The van der Waals surface area contributed by atoms with E-state index < -0.39 is 0 Å². The minimum atomic E-state index is 0.0311. The zero-order valence-electron chi connectivity index (χ0n) is 13.4. The minimum Gasteiger partial charge on any atom is -0.350 e. The predicted octanol–water partition coefficient (Wildman–Crippen LogP) is 4.28. The normalized spacial score (nSPS) is 26.2. The topological polar surface area (TPSA) is 29.1 Å². The standard InChI is InChI=1S/C19H27NO/c1-14(2)17-11-9-15(3)13-18(17)20-19(21)12-10-16-7-5-4-6-8-16/h4-8,10,12,14-15,17-18H,9,11,13H2,1-3H3,(H,20,21)/b12-10+. The fourth-order valence-electron chi connectivity index (χ4n) is 3.34. The first kappa shape index (κ1) is 15.8. The molecular formula is C19H27NO. The van der Waals surface area contributed by atoms with Gasteiger partial charge in [-0.25, -0.2) is 0 Å². The molecule has 2 rings (SSSR count). The van der Waals surface area contributed by atoms with Crippen molar-refractivity contribution in [1.82, 2.24) is 5.32 Å². The van der Waals surface area contributed by atoms with Gasteiger partial charge in [0.1, 0.15) is 0 Å². The first-order valence-corrected chi connectivity index (χ1v) is 8.10. The molecule has 0 saturated heterocycles. The van der Waals surface area contributed by atoms with Crippen LogP contribution in [0.15, 0.2) is 36.4 Å². The average molecular weight is 285 g/mol. The summed E-state index contributed by atoms with van der Waals surface area (Å²) in [6, 6.07) is 10.3. The summed E-state index contributed by atoms with van der Waals surface area (Å²) in [6.07, 6.45) is 7.16. The van der Waals surface area contributed by atoms with Crippen LogP contribution in [0.1, 0.15) is 45.6 Å². The van der Waals surface area contributed by atoms with Crippen LogP contribution in [0.4, 0.5) is 0 Å². The Morgan fingerprint density at radius 2 is 1.95 bits per heavy atom. The zero-order chi connectivity index (χ0) is 15.2. The van der Waals surface area contributed by atoms with Crippen molar-refractivity contribution >= 4 is 12.0 Å². The Bertz CT molecular complexity index is 478. The third-order valence-electron chi connectivity index (χ3n) is 4.58. The van der Waals surface area contributed by atoms with E-state index in [0.29, 0.717) is 23.8 Å². The first-order chi connectivity index (χ1) is 10.1. The highest BCUT2D eigenvalue weighted by molar-refractivity contribution is 5.91. The van der Waals surface area contributed by atoms with Crippen LogP contribution in [0.5, 0.6) is 0 Å². The summed E-state index contributed by atoms with van der Waals surface area (Å²) in [4.78, 5) is 12.2. The largest absolute Gasteiger partial charge is 0.350 e. The molecule has 2 heteroatoms. The molecule has 0 heterocycles. The van der Waals surface area contributed by atoms with E-state index in [0.717, 1.165) is 12.0 Å². The number of hydrogen-bond donors (Lipinski definition) is 1. The van der Waals surface area contributed by atoms with Gasteiger partial charge in [-0.3, -0.25) is 4.79 Å². The molecule has 3 unspecified atom stereocenters. The van der Waals surface area contributed by atoms with E-state index in [1.54, 1.807) is 6.08 Å². The molecule has 0 aromatic heterocycles. The summed E-state index contributed by atoms with van der Waals surface area (Å²) >= 11 is 0. The maximum Gasteiger partial charge on any atom is 0.244 e. The highest BCUT2D eigenvalue weighted by atomic mass is 16.1. The Kier molecular flexibility index (Phi) is 5.60. The van der Waals surface area contributed by atoms with Crippen molar-refractivity contribution in [3.63, 3.8) is 0 Å². The molecule has 1 aromatic carbocycles. The molecule has 0 radical (unpaired) electrons. The van der Waals surface area contributed by atoms with Gasteiger partial charge in [0.2, 0.25) is 5.91 Å². The maximum atomic E-state index is 12.2.